The van der Waals surface area contributed by atoms with Crippen molar-refractivity contribution in [3.05, 3.63) is 34.9 Å². The number of aryl methyl sites for hydroxylation is 2. The molecule has 1 aromatic rings. The Morgan fingerprint density at radius 2 is 2.00 bits per heavy atom. The third kappa shape index (κ3) is 5.03. The molecular weight excluding hydrogens is 236 g/mol. The number of hydrogen-bond donors (Lipinski definition) is 1. The Hall–Kier alpha value is -1.35. The minimum absolute atomic E-state index is 0.212. The number of hydrogen-bond acceptors (Lipinski definition) is 2. The van der Waals surface area contributed by atoms with Crippen LogP contribution in [-0.2, 0) is 11.2 Å². The lowest BCUT2D eigenvalue weighted by atomic mass is 10.0. The van der Waals surface area contributed by atoms with Crippen LogP contribution >= 0.6 is 0 Å². The minimum Gasteiger partial charge on any atom is -0.342 e. The summed E-state index contributed by atoms with van der Waals surface area (Å²) >= 11 is 0. The molecule has 0 heterocycles. The van der Waals surface area contributed by atoms with Crippen LogP contribution in [0.5, 0.6) is 0 Å². The summed E-state index contributed by atoms with van der Waals surface area (Å²) in [4.78, 5) is 14.3. The van der Waals surface area contributed by atoms with E-state index in [1.54, 1.807) is 0 Å². The van der Waals surface area contributed by atoms with Crippen molar-refractivity contribution in [2.24, 2.45) is 5.73 Å². The molecule has 106 valence electrons. The van der Waals surface area contributed by atoms with E-state index in [-0.39, 0.29) is 5.91 Å². The Kier molecular flexibility index (Phi) is 6.57. The molecule has 3 heteroatoms. The third-order valence-corrected chi connectivity index (χ3v) is 3.32. The maximum Gasteiger partial charge on any atom is 0.227 e. The molecule has 19 heavy (non-hydrogen) atoms. The molecule has 0 radical (unpaired) electrons. The first-order valence-electron chi connectivity index (χ1n) is 7.12. The largest absolute Gasteiger partial charge is 0.342 e. The standard InChI is InChI=1S/C16H26N2O/c1-4-9-18(10-5-8-17)16(19)12-15-11-13(2)6-7-14(15)3/h6-7,11H,4-5,8-10,12,17H2,1-3H3. The first-order chi connectivity index (χ1) is 9.08. The number of carbonyl (C=O) groups is 1. The van der Waals surface area contributed by atoms with E-state index in [1.165, 1.54) is 11.1 Å². The summed E-state index contributed by atoms with van der Waals surface area (Å²) in [5.74, 6) is 0.212. The molecule has 3 nitrogen and oxygen atoms in total. The average Bonchev–Trinajstić information content (AvgIpc) is 2.38. The molecule has 0 aliphatic carbocycles. The van der Waals surface area contributed by atoms with Gasteiger partial charge in [-0.1, -0.05) is 30.7 Å². The van der Waals surface area contributed by atoms with Crippen molar-refractivity contribution in [1.82, 2.24) is 4.90 Å². The van der Waals surface area contributed by atoms with Crippen LogP contribution < -0.4 is 5.73 Å². The smallest absolute Gasteiger partial charge is 0.227 e. The summed E-state index contributed by atoms with van der Waals surface area (Å²) in [6.45, 7) is 8.45. The van der Waals surface area contributed by atoms with Crippen molar-refractivity contribution < 1.29 is 4.79 Å². The molecule has 0 bridgehead atoms. The number of nitrogens with two attached hydrogens (primary N) is 1. The number of rotatable bonds is 7. The van der Waals surface area contributed by atoms with Crippen LogP contribution in [0.2, 0.25) is 0 Å². The van der Waals surface area contributed by atoms with Gasteiger partial charge in [0, 0.05) is 13.1 Å². The molecule has 0 atom stereocenters. The van der Waals surface area contributed by atoms with E-state index in [9.17, 15) is 4.79 Å². The van der Waals surface area contributed by atoms with Gasteiger partial charge in [0.05, 0.1) is 6.42 Å². The van der Waals surface area contributed by atoms with E-state index in [4.69, 9.17) is 5.73 Å². The number of benzene rings is 1. The zero-order chi connectivity index (χ0) is 14.3. The fourth-order valence-corrected chi connectivity index (χ4v) is 2.18. The van der Waals surface area contributed by atoms with Crippen molar-refractivity contribution in [2.45, 2.75) is 40.0 Å². The van der Waals surface area contributed by atoms with Crippen molar-refractivity contribution in [1.29, 1.82) is 0 Å². The molecule has 0 spiro atoms. The Morgan fingerprint density at radius 1 is 1.26 bits per heavy atom. The van der Waals surface area contributed by atoms with E-state index < -0.39 is 0 Å². The lowest BCUT2D eigenvalue weighted by molar-refractivity contribution is -0.130. The highest BCUT2D eigenvalue weighted by Gasteiger charge is 2.13. The van der Waals surface area contributed by atoms with E-state index >= 15 is 0 Å². The molecule has 1 aromatic carbocycles. The van der Waals surface area contributed by atoms with Crippen LogP contribution in [0.15, 0.2) is 18.2 Å². The molecule has 0 saturated heterocycles. The van der Waals surface area contributed by atoms with Gasteiger partial charge in [-0.2, -0.15) is 0 Å². The van der Waals surface area contributed by atoms with Crippen LogP contribution in [0.3, 0.4) is 0 Å². The topological polar surface area (TPSA) is 46.3 Å². The van der Waals surface area contributed by atoms with Gasteiger partial charge in [-0.3, -0.25) is 4.79 Å². The van der Waals surface area contributed by atoms with Gasteiger partial charge in [-0.05, 0) is 44.4 Å². The maximum absolute atomic E-state index is 12.4. The molecule has 1 amide bonds. The summed E-state index contributed by atoms with van der Waals surface area (Å²) in [6, 6.07) is 6.28. The number of amides is 1. The van der Waals surface area contributed by atoms with Gasteiger partial charge in [-0.15, -0.1) is 0 Å². The lowest BCUT2D eigenvalue weighted by Crippen LogP contribution is -2.34. The van der Waals surface area contributed by atoms with Crippen LogP contribution in [0.25, 0.3) is 0 Å². The van der Waals surface area contributed by atoms with Gasteiger partial charge < -0.3 is 10.6 Å². The maximum atomic E-state index is 12.4. The minimum atomic E-state index is 0.212. The zero-order valence-corrected chi connectivity index (χ0v) is 12.4. The Labute approximate surface area is 116 Å². The van der Waals surface area contributed by atoms with Crippen molar-refractivity contribution in [3.8, 4) is 0 Å². The van der Waals surface area contributed by atoms with E-state index in [0.717, 1.165) is 31.5 Å². The molecule has 0 aliphatic rings. The second-order valence-corrected chi connectivity index (χ2v) is 5.13. The van der Waals surface area contributed by atoms with E-state index in [0.29, 0.717) is 13.0 Å². The first-order valence-corrected chi connectivity index (χ1v) is 7.12. The van der Waals surface area contributed by atoms with Crippen LogP contribution in [0.1, 0.15) is 36.5 Å². The molecule has 0 unspecified atom stereocenters. The molecule has 0 saturated carbocycles. The summed E-state index contributed by atoms with van der Waals surface area (Å²) in [5.41, 5.74) is 9.06. The Bertz CT molecular complexity index is 415. The zero-order valence-electron chi connectivity index (χ0n) is 12.4. The molecular formula is C16H26N2O. The van der Waals surface area contributed by atoms with Gasteiger partial charge in [0.25, 0.3) is 0 Å². The first kappa shape index (κ1) is 15.7. The average molecular weight is 262 g/mol. The highest BCUT2D eigenvalue weighted by molar-refractivity contribution is 5.79. The Balaban J connectivity index is 2.71. The van der Waals surface area contributed by atoms with Gasteiger partial charge >= 0.3 is 0 Å². The second-order valence-electron chi connectivity index (χ2n) is 5.13. The lowest BCUT2D eigenvalue weighted by Gasteiger charge is -2.22. The highest BCUT2D eigenvalue weighted by Crippen LogP contribution is 2.13. The fourth-order valence-electron chi connectivity index (χ4n) is 2.18. The summed E-state index contributed by atoms with van der Waals surface area (Å²) in [6.07, 6.45) is 2.36. The summed E-state index contributed by atoms with van der Waals surface area (Å²) in [7, 11) is 0. The van der Waals surface area contributed by atoms with E-state index in [2.05, 4.69) is 39.0 Å². The predicted octanol–water partition coefficient (Wildman–Crippen LogP) is 2.43. The van der Waals surface area contributed by atoms with E-state index in [1.807, 2.05) is 4.90 Å². The third-order valence-electron chi connectivity index (χ3n) is 3.32. The predicted molar refractivity (Wildman–Crippen MR) is 80.2 cm³/mol. The quantitative estimate of drug-likeness (QED) is 0.820. The van der Waals surface area contributed by atoms with Gasteiger partial charge in [0.15, 0.2) is 0 Å². The SMILES string of the molecule is CCCN(CCCN)C(=O)Cc1cc(C)ccc1C. The molecule has 0 aliphatic heterocycles. The summed E-state index contributed by atoms with van der Waals surface area (Å²) in [5, 5.41) is 0. The summed E-state index contributed by atoms with van der Waals surface area (Å²) < 4.78 is 0. The molecule has 0 fully saturated rings. The van der Waals surface area contributed by atoms with Crippen LogP contribution in [0, 0.1) is 13.8 Å². The normalized spacial score (nSPS) is 10.5. The molecule has 0 aromatic heterocycles. The van der Waals surface area contributed by atoms with Crippen molar-refractivity contribution in [3.63, 3.8) is 0 Å². The van der Waals surface area contributed by atoms with Gasteiger partial charge in [0.2, 0.25) is 5.91 Å². The number of nitrogens with zero attached hydrogens (tertiary/aromatic N) is 1. The van der Waals surface area contributed by atoms with Crippen LogP contribution in [-0.4, -0.2) is 30.4 Å². The number of carbonyl (C=O) groups excluding carboxylic acids is 1. The monoisotopic (exact) mass is 262 g/mol. The molecule has 1 rings (SSSR count). The van der Waals surface area contributed by atoms with Crippen molar-refractivity contribution >= 4 is 5.91 Å². The van der Waals surface area contributed by atoms with Crippen LogP contribution in [0.4, 0.5) is 0 Å². The second kappa shape index (κ2) is 7.95. The van der Waals surface area contributed by atoms with Crippen molar-refractivity contribution in [2.75, 3.05) is 19.6 Å². The van der Waals surface area contributed by atoms with Gasteiger partial charge in [-0.25, -0.2) is 0 Å². The Morgan fingerprint density at radius 3 is 2.63 bits per heavy atom. The molecule has 2 N–H and O–H groups in total. The highest BCUT2D eigenvalue weighted by atomic mass is 16.2. The fraction of sp³-hybridized carbons (Fsp3) is 0.562. The van der Waals surface area contributed by atoms with Gasteiger partial charge in [0.1, 0.15) is 0 Å².